The highest BCUT2D eigenvalue weighted by Crippen LogP contribution is 2.19. The molecule has 0 aromatic carbocycles. The minimum Gasteiger partial charge on any atom is -0.377 e. The largest absolute Gasteiger partial charge is 0.377 e. The Labute approximate surface area is 105 Å². The van der Waals surface area contributed by atoms with E-state index < -0.39 is 0 Å². The van der Waals surface area contributed by atoms with Crippen LogP contribution in [0, 0.1) is 0 Å². The van der Waals surface area contributed by atoms with E-state index in [9.17, 15) is 4.79 Å². The predicted octanol–water partition coefficient (Wildman–Crippen LogP) is 1.40. The van der Waals surface area contributed by atoms with E-state index in [0.29, 0.717) is 19.3 Å². The average molecular weight is 242 g/mol. The van der Waals surface area contributed by atoms with Crippen molar-refractivity contribution < 1.29 is 9.53 Å². The highest BCUT2D eigenvalue weighted by molar-refractivity contribution is 5.77. The van der Waals surface area contributed by atoms with E-state index >= 15 is 0 Å². The van der Waals surface area contributed by atoms with Crippen LogP contribution in [0.2, 0.25) is 0 Å². The second-order valence-corrected chi connectivity index (χ2v) is 4.72. The molecule has 1 saturated carbocycles. The van der Waals surface area contributed by atoms with Crippen LogP contribution in [0.1, 0.15) is 39.0 Å². The smallest absolute Gasteiger partial charge is 0.236 e. The molecule has 0 aromatic rings. The van der Waals surface area contributed by atoms with Gasteiger partial charge in [0.2, 0.25) is 5.91 Å². The van der Waals surface area contributed by atoms with E-state index in [2.05, 4.69) is 5.32 Å². The minimum atomic E-state index is 0.144. The van der Waals surface area contributed by atoms with Crippen molar-refractivity contribution in [1.29, 1.82) is 0 Å². The van der Waals surface area contributed by atoms with Gasteiger partial charge in [-0.2, -0.15) is 0 Å². The van der Waals surface area contributed by atoms with E-state index in [1.165, 1.54) is 32.1 Å². The normalized spacial score (nSPS) is 17.1. The Hall–Kier alpha value is -0.610. The zero-order valence-corrected chi connectivity index (χ0v) is 11.2. The van der Waals surface area contributed by atoms with Gasteiger partial charge in [0.05, 0.1) is 19.3 Å². The molecule has 0 atom stereocenters. The summed E-state index contributed by atoms with van der Waals surface area (Å²) in [4.78, 5) is 13.2. The van der Waals surface area contributed by atoms with Gasteiger partial charge in [0, 0.05) is 20.1 Å². The van der Waals surface area contributed by atoms with Crippen molar-refractivity contribution in [2.24, 2.45) is 0 Å². The first-order valence-electron chi connectivity index (χ1n) is 6.80. The molecule has 0 saturated heterocycles. The maximum atomic E-state index is 11.5. The molecule has 0 spiro atoms. The number of nitrogens with zero attached hydrogens (tertiary/aromatic N) is 1. The van der Waals surface area contributed by atoms with Crippen LogP contribution in [0.4, 0.5) is 0 Å². The van der Waals surface area contributed by atoms with Gasteiger partial charge in [0.1, 0.15) is 0 Å². The monoisotopic (exact) mass is 242 g/mol. The van der Waals surface area contributed by atoms with E-state index in [1.54, 1.807) is 4.90 Å². The van der Waals surface area contributed by atoms with Crippen molar-refractivity contribution >= 4 is 5.91 Å². The third-order valence-corrected chi connectivity index (χ3v) is 3.36. The summed E-state index contributed by atoms with van der Waals surface area (Å²) >= 11 is 0. The van der Waals surface area contributed by atoms with E-state index in [1.807, 2.05) is 14.0 Å². The van der Waals surface area contributed by atoms with Crippen molar-refractivity contribution in [3.8, 4) is 0 Å². The van der Waals surface area contributed by atoms with Crippen LogP contribution in [0.5, 0.6) is 0 Å². The van der Waals surface area contributed by atoms with Crippen molar-refractivity contribution in [3.05, 3.63) is 0 Å². The number of nitrogens with one attached hydrogen (secondary N) is 1. The van der Waals surface area contributed by atoms with E-state index in [-0.39, 0.29) is 5.91 Å². The van der Waals surface area contributed by atoms with Gasteiger partial charge in [-0.05, 0) is 19.8 Å². The van der Waals surface area contributed by atoms with Crippen LogP contribution in [-0.4, -0.2) is 50.2 Å². The molecule has 1 rings (SSSR count). The predicted molar refractivity (Wildman–Crippen MR) is 69.0 cm³/mol. The summed E-state index contributed by atoms with van der Waals surface area (Å²) < 4.78 is 5.76. The lowest BCUT2D eigenvalue weighted by Crippen LogP contribution is -2.36. The third kappa shape index (κ3) is 6.03. The Kier molecular flexibility index (Phi) is 7.21. The lowest BCUT2D eigenvalue weighted by molar-refractivity contribution is -0.128. The molecular weight excluding hydrogens is 216 g/mol. The van der Waals surface area contributed by atoms with Crippen LogP contribution in [0.25, 0.3) is 0 Å². The molecule has 100 valence electrons. The zero-order chi connectivity index (χ0) is 12.5. The number of ether oxygens (including phenoxy) is 1. The Morgan fingerprint density at radius 3 is 2.71 bits per heavy atom. The summed E-state index contributed by atoms with van der Waals surface area (Å²) in [5, 5.41) is 3.12. The molecule has 0 unspecified atom stereocenters. The Balaban J connectivity index is 1.95. The summed E-state index contributed by atoms with van der Waals surface area (Å²) in [6.45, 7) is 4.63. The van der Waals surface area contributed by atoms with Gasteiger partial charge in [-0.3, -0.25) is 4.79 Å². The number of carbonyl (C=O) groups excluding carboxylic acids is 1. The van der Waals surface area contributed by atoms with Crippen LogP contribution in [0.3, 0.4) is 0 Å². The zero-order valence-electron chi connectivity index (χ0n) is 11.2. The fourth-order valence-electron chi connectivity index (χ4n) is 2.04. The van der Waals surface area contributed by atoms with Crippen molar-refractivity contribution in [3.63, 3.8) is 0 Å². The summed E-state index contributed by atoms with van der Waals surface area (Å²) in [5.74, 6) is 0.144. The molecule has 1 fully saturated rings. The first-order chi connectivity index (χ1) is 8.24. The first kappa shape index (κ1) is 14.5. The number of hydrogen-bond acceptors (Lipinski definition) is 3. The maximum absolute atomic E-state index is 11.5. The highest BCUT2D eigenvalue weighted by atomic mass is 16.5. The summed E-state index contributed by atoms with van der Waals surface area (Å²) in [6, 6.07) is 0. The summed E-state index contributed by atoms with van der Waals surface area (Å²) in [6.07, 6.45) is 6.83. The standard InChI is InChI=1S/C13H26N2O2/c1-3-15(2)13(16)11-14-9-10-17-12-7-5-4-6-8-12/h12,14H,3-11H2,1-2H3. The van der Waals surface area contributed by atoms with Gasteiger partial charge in [-0.1, -0.05) is 19.3 Å². The summed E-state index contributed by atoms with van der Waals surface area (Å²) in [5.41, 5.74) is 0. The van der Waals surface area contributed by atoms with Crippen molar-refractivity contribution in [2.45, 2.75) is 45.1 Å². The second-order valence-electron chi connectivity index (χ2n) is 4.72. The quantitative estimate of drug-likeness (QED) is 0.686. The maximum Gasteiger partial charge on any atom is 0.236 e. The van der Waals surface area contributed by atoms with Crippen molar-refractivity contribution in [1.82, 2.24) is 10.2 Å². The first-order valence-corrected chi connectivity index (χ1v) is 6.80. The molecule has 1 amide bonds. The molecule has 0 heterocycles. The second kappa shape index (κ2) is 8.48. The Bertz CT molecular complexity index is 215. The molecule has 1 N–H and O–H groups in total. The van der Waals surface area contributed by atoms with Gasteiger partial charge in [0.15, 0.2) is 0 Å². The van der Waals surface area contributed by atoms with Crippen LogP contribution in [-0.2, 0) is 9.53 Å². The molecule has 0 radical (unpaired) electrons. The van der Waals surface area contributed by atoms with Gasteiger partial charge in [-0.15, -0.1) is 0 Å². The molecular formula is C13H26N2O2. The number of likely N-dealkylation sites (N-methyl/N-ethyl adjacent to an activating group) is 1. The Morgan fingerprint density at radius 2 is 2.06 bits per heavy atom. The Morgan fingerprint density at radius 1 is 1.35 bits per heavy atom. The van der Waals surface area contributed by atoms with Crippen LogP contribution < -0.4 is 5.32 Å². The van der Waals surface area contributed by atoms with Gasteiger partial charge >= 0.3 is 0 Å². The molecule has 0 aliphatic heterocycles. The molecule has 17 heavy (non-hydrogen) atoms. The topological polar surface area (TPSA) is 41.6 Å². The number of amides is 1. The lowest BCUT2D eigenvalue weighted by Gasteiger charge is -2.22. The SMILES string of the molecule is CCN(C)C(=O)CNCCOC1CCCCC1. The van der Waals surface area contributed by atoms with Crippen molar-refractivity contribution in [2.75, 3.05) is 33.3 Å². The molecule has 0 aromatic heterocycles. The van der Waals surface area contributed by atoms with Gasteiger partial charge in [0.25, 0.3) is 0 Å². The molecule has 0 bridgehead atoms. The van der Waals surface area contributed by atoms with Gasteiger partial charge in [-0.25, -0.2) is 0 Å². The molecule has 4 heteroatoms. The van der Waals surface area contributed by atoms with E-state index in [4.69, 9.17) is 4.74 Å². The van der Waals surface area contributed by atoms with E-state index in [0.717, 1.165) is 13.1 Å². The third-order valence-electron chi connectivity index (χ3n) is 3.36. The van der Waals surface area contributed by atoms with Crippen LogP contribution in [0.15, 0.2) is 0 Å². The molecule has 1 aliphatic rings. The van der Waals surface area contributed by atoms with Crippen LogP contribution >= 0.6 is 0 Å². The fourth-order valence-corrected chi connectivity index (χ4v) is 2.04. The summed E-state index contributed by atoms with van der Waals surface area (Å²) in [7, 11) is 1.82. The average Bonchev–Trinajstić information content (AvgIpc) is 2.38. The minimum absolute atomic E-state index is 0.144. The number of carbonyl (C=O) groups is 1. The molecule has 1 aliphatic carbocycles. The number of rotatable bonds is 7. The number of hydrogen-bond donors (Lipinski definition) is 1. The lowest BCUT2D eigenvalue weighted by atomic mass is 9.98. The highest BCUT2D eigenvalue weighted by Gasteiger charge is 2.13. The fraction of sp³-hybridized carbons (Fsp3) is 0.923. The molecule has 4 nitrogen and oxygen atoms in total. The van der Waals surface area contributed by atoms with Gasteiger partial charge < -0.3 is 15.0 Å².